The predicted molar refractivity (Wildman–Crippen MR) is 86.2 cm³/mol. The third-order valence-electron chi connectivity index (χ3n) is 3.24. The van der Waals surface area contributed by atoms with E-state index in [2.05, 4.69) is 6.07 Å². The Morgan fingerprint density at radius 3 is 2.27 bits per heavy atom. The lowest BCUT2D eigenvalue weighted by atomic mass is 10.1. The van der Waals surface area contributed by atoms with E-state index in [1.165, 1.54) is 0 Å². The molecule has 0 saturated heterocycles. The second-order valence-electron chi connectivity index (χ2n) is 4.51. The lowest BCUT2D eigenvalue weighted by Crippen LogP contribution is -1.90. The van der Waals surface area contributed by atoms with Gasteiger partial charge in [0.25, 0.3) is 0 Å². The molecule has 2 aromatic rings. The number of benzene rings is 2. The highest BCUT2D eigenvalue weighted by Gasteiger charge is 2.04. The first-order valence-corrected chi connectivity index (χ1v) is 6.70. The van der Waals surface area contributed by atoms with Gasteiger partial charge in [0.1, 0.15) is 5.75 Å². The van der Waals surface area contributed by atoms with E-state index in [1.54, 1.807) is 27.4 Å². The van der Waals surface area contributed by atoms with Crippen LogP contribution in [0.2, 0.25) is 0 Å². The van der Waals surface area contributed by atoms with Crippen molar-refractivity contribution in [3.63, 3.8) is 0 Å². The Hall–Kier alpha value is -2.93. The van der Waals surface area contributed by atoms with Crippen LogP contribution in [0.15, 0.2) is 36.4 Å². The molecule has 22 heavy (non-hydrogen) atoms. The van der Waals surface area contributed by atoms with E-state index < -0.39 is 0 Å². The third-order valence-corrected chi connectivity index (χ3v) is 3.24. The van der Waals surface area contributed by atoms with Crippen LogP contribution in [0.25, 0.3) is 12.2 Å². The van der Waals surface area contributed by atoms with E-state index in [0.717, 1.165) is 11.1 Å². The summed E-state index contributed by atoms with van der Waals surface area (Å²) in [6, 6.07) is 13.2. The number of methoxy groups -OCH3 is 3. The van der Waals surface area contributed by atoms with Gasteiger partial charge < -0.3 is 14.2 Å². The van der Waals surface area contributed by atoms with Crippen LogP contribution in [0, 0.1) is 11.3 Å². The number of nitrogens with zero attached hydrogens (tertiary/aromatic N) is 1. The summed E-state index contributed by atoms with van der Waals surface area (Å²) in [6.45, 7) is 0. The zero-order chi connectivity index (χ0) is 15.9. The molecule has 2 rings (SSSR count). The molecule has 0 saturated carbocycles. The molecule has 0 aliphatic carbocycles. The third kappa shape index (κ3) is 3.39. The molecular formula is C18H17NO3. The molecule has 0 radical (unpaired) electrons. The smallest absolute Gasteiger partial charge is 0.161 e. The Labute approximate surface area is 130 Å². The Bertz CT molecular complexity index is 730. The summed E-state index contributed by atoms with van der Waals surface area (Å²) in [5.74, 6) is 2.02. The quantitative estimate of drug-likeness (QED) is 0.788. The van der Waals surface area contributed by atoms with Crippen molar-refractivity contribution in [2.24, 2.45) is 0 Å². The molecule has 0 amide bonds. The van der Waals surface area contributed by atoms with Gasteiger partial charge >= 0.3 is 0 Å². The van der Waals surface area contributed by atoms with Gasteiger partial charge in [0.2, 0.25) is 0 Å². The summed E-state index contributed by atoms with van der Waals surface area (Å²) < 4.78 is 15.6. The molecule has 0 aliphatic heterocycles. The summed E-state index contributed by atoms with van der Waals surface area (Å²) >= 11 is 0. The minimum atomic E-state index is 0.566. The van der Waals surface area contributed by atoms with Crippen LogP contribution < -0.4 is 14.2 Å². The van der Waals surface area contributed by atoms with Gasteiger partial charge in [-0.1, -0.05) is 18.2 Å². The fraction of sp³-hybridized carbons (Fsp3) is 0.167. The zero-order valence-corrected chi connectivity index (χ0v) is 12.8. The topological polar surface area (TPSA) is 51.5 Å². The lowest BCUT2D eigenvalue weighted by Gasteiger charge is -2.07. The lowest BCUT2D eigenvalue weighted by molar-refractivity contribution is 0.355. The normalized spacial score (nSPS) is 10.3. The summed E-state index contributed by atoms with van der Waals surface area (Å²) in [5, 5.41) is 9.21. The largest absolute Gasteiger partial charge is 0.497 e. The van der Waals surface area contributed by atoms with Crippen molar-refractivity contribution < 1.29 is 14.2 Å². The van der Waals surface area contributed by atoms with Crippen LogP contribution in [-0.4, -0.2) is 21.3 Å². The molecule has 112 valence electrons. The van der Waals surface area contributed by atoms with Crippen molar-refractivity contribution >= 4 is 12.2 Å². The van der Waals surface area contributed by atoms with Crippen molar-refractivity contribution in [1.29, 1.82) is 5.26 Å². The van der Waals surface area contributed by atoms with E-state index in [4.69, 9.17) is 14.2 Å². The molecule has 0 aromatic heterocycles. The van der Waals surface area contributed by atoms with E-state index in [9.17, 15) is 5.26 Å². The number of hydrogen-bond acceptors (Lipinski definition) is 4. The number of ether oxygens (including phenoxy) is 3. The van der Waals surface area contributed by atoms with Crippen LogP contribution in [-0.2, 0) is 0 Å². The first-order chi connectivity index (χ1) is 10.7. The highest BCUT2D eigenvalue weighted by atomic mass is 16.5. The van der Waals surface area contributed by atoms with Crippen LogP contribution >= 0.6 is 0 Å². The molecule has 0 fully saturated rings. The number of rotatable bonds is 5. The van der Waals surface area contributed by atoms with Crippen molar-refractivity contribution in [3.05, 3.63) is 53.1 Å². The van der Waals surface area contributed by atoms with E-state index >= 15 is 0 Å². The Balaban J connectivity index is 2.31. The fourth-order valence-corrected chi connectivity index (χ4v) is 2.05. The number of nitriles is 1. The fourth-order valence-electron chi connectivity index (χ4n) is 2.05. The van der Waals surface area contributed by atoms with Crippen molar-refractivity contribution in [1.82, 2.24) is 0 Å². The Kier molecular flexibility index (Phi) is 5.05. The average Bonchev–Trinajstić information content (AvgIpc) is 2.59. The van der Waals surface area contributed by atoms with Gasteiger partial charge in [0.15, 0.2) is 11.5 Å². The molecule has 2 aromatic carbocycles. The van der Waals surface area contributed by atoms with Crippen LogP contribution in [0.1, 0.15) is 16.7 Å². The van der Waals surface area contributed by atoms with Gasteiger partial charge in [-0.05, 0) is 41.5 Å². The zero-order valence-electron chi connectivity index (χ0n) is 12.8. The summed E-state index contributed by atoms with van der Waals surface area (Å²) in [4.78, 5) is 0. The van der Waals surface area contributed by atoms with Gasteiger partial charge in [-0.15, -0.1) is 0 Å². The number of hydrogen-bond donors (Lipinski definition) is 0. The van der Waals surface area contributed by atoms with Gasteiger partial charge in [-0.3, -0.25) is 0 Å². The maximum absolute atomic E-state index is 9.21. The van der Waals surface area contributed by atoms with Crippen LogP contribution in [0.4, 0.5) is 0 Å². The monoisotopic (exact) mass is 295 g/mol. The Morgan fingerprint density at radius 1 is 0.864 bits per heavy atom. The minimum Gasteiger partial charge on any atom is -0.497 e. The maximum atomic E-state index is 9.21. The van der Waals surface area contributed by atoms with Crippen LogP contribution in [0.3, 0.4) is 0 Å². The van der Waals surface area contributed by atoms with E-state index in [-0.39, 0.29) is 0 Å². The minimum absolute atomic E-state index is 0.566. The van der Waals surface area contributed by atoms with Gasteiger partial charge in [-0.25, -0.2) is 0 Å². The first-order valence-electron chi connectivity index (χ1n) is 6.70. The Morgan fingerprint density at radius 2 is 1.64 bits per heavy atom. The molecule has 0 bridgehead atoms. The molecule has 0 spiro atoms. The van der Waals surface area contributed by atoms with Gasteiger partial charge in [0, 0.05) is 0 Å². The van der Waals surface area contributed by atoms with E-state index in [1.807, 2.05) is 42.5 Å². The SMILES string of the molecule is COc1ccc(C=Cc2ccc(OC)c(OC)c2)c(C#N)c1. The van der Waals surface area contributed by atoms with E-state index in [0.29, 0.717) is 22.8 Å². The highest BCUT2D eigenvalue weighted by molar-refractivity contribution is 5.74. The second-order valence-corrected chi connectivity index (χ2v) is 4.51. The molecular weight excluding hydrogens is 278 g/mol. The summed E-state index contributed by atoms with van der Waals surface area (Å²) in [7, 11) is 4.78. The molecule has 0 heterocycles. The molecule has 4 nitrogen and oxygen atoms in total. The molecule has 0 atom stereocenters. The standard InChI is InChI=1S/C18H17NO3/c1-20-16-8-7-14(15(11-16)12-19)6-4-13-5-9-17(21-2)18(10-13)22-3/h4-11H,1-3H3. The molecule has 0 N–H and O–H groups in total. The summed E-state index contributed by atoms with van der Waals surface area (Å²) in [5.41, 5.74) is 2.35. The van der Waals surface area contributed by atoms with Crippen molar-refractivity contribution in [3.8, 4) is 23.3 Å². The molecule has 0 aliphatic rings. The van der Waals surface area contributed by atoms with Gasteiger partial charge in [0.05, 0.1) is 33.0 Å². The van der Waals surface area contributed by atoms with Crippen LogP contribution in [0.5, 0.6) is 17.2 Å². The average molecular weight is 295 g/mol. The van der Waals surface area contributed by atoms with Crippen molar-refractivity contribution in [2.45, 2.75) is 0 Å². The second kappa shape index (κ2) is 7.19. The highest BCUT2D eigenvalue weighted by Crippen LogP contribution is 2.28. The predicted octanol–water partition coefficient (Wildman–Crippen LogP) is 3.75. The van der Waals surface area contributed by atoms with Gasteiger partial charge in [-0.2, -0.15) is 5.26 Å². The molecule has 4 heteroatoms. The first kappa shape index (κ1) is 15.5. The maximum Gasteiger partial charge on any atom is 0.161 e. The molecule has 0 unspecified atom stereocenters. The van der Waals surface area contributed by atoms with Crippen molar-refractivity contribution in [2.75, 3.05) is 21.3 Å². The summed E-state index contributed by atoms with van der Waals surface area (Å²) in [6.07, 6.45) is 3.81.